The molecular weight excluding hydrogens is 416 g/mol. The highest BCUT2D eigenvalue weighted by Gasteiger charge is 2.39. The summed E-state index contributed by atoms with van der Waals surface area (Å²) in [5.41, 5.74) is 2.82. The third-order valence-electron chi connectivity index (χ3n) is 7.61. The maximum atomic E-state index is 13.5. The van der Waals surface area contributed by atoms with Crippen LogP contribution in [-0.4, -0.2) is 78.2 Å². The summed E-state index contributed by atoms with van der Waals surface area (Å²) in [4.78, 5) is 31.0. The fourth-order valence-corrected chi connectivity index (χ4v) is 5.84. The van der Waals surface area contributed by atoms with Crippen molar-refractivity contribution in [2.45, 2.75) is 84.2 Å². The van der Waals surface area contributed by atoms with Gasteiger partial charge in [0.1, 0.15) is 0 Å². The Morgan fingerprint density at radius 3 is 2.55 bits per heavy atom. The number of rotatable bonds is 6. The minimum atomic E-state index is -0.0101. The Kier molecular flexibility index (Phi) is 9.38. The van der Waals surface area contributed by atoms with Gasteiger partial charge in [-0.2, -0.15) is 0 Å². The molecule has 1 aliphatic heterocycles. The highest BCUT2D eigenvalue weighted by Crippen LogP contribution is 2.37. The van der Waals surface area contributed by atoms with E-state index in [1.165, 1.54) is 19.3 Å². The van der Waals surface area contributed by atoms with Gasteiger partial charge >= 0.3 is 0 Å². The van der Waals surface area contributed by atoms with Crippen LogP contribution in [0.3, 0.4) is 0 Å². The maximum absolute atomic E-state index is 13.5. The van der Waals surface area contributed by atoms with Gasteiger partial charge in [0, 0.05) is 63.2 Å². The predicted octanol–water partition coefficient (Wildman–Crippen LogP) is 3.52. The molecule has 1 aromatic rings. The first-order valence-corrected chi connectivity index (χ1v) is 12.9. The molecule has 1 spiro atoms. The van der Waals surface area contributed by atoms with Gasteiger partial charge in [-0.3, -0.25) is 14.5 Å². The third-order valence-corrected chi connectivity index (χ3v) is 7.61. The summed E-state index contributed by atoms with van der Waals surface area (Å²) in [6, 6.07) is 2.00. The van der Waals surface area contributed by atoms with Gasteiger partial charge in [-0.05, 0) is 52.1 Å². The SMILES string of the molecule is CCCN1CCCN(C(=O)c2cc(C)n(CCOC)c2C)CCNC(=O)CC12CCCCC2. The predicted molar refractivity (Wildman–Crippen MR) is 132 cm³/mol. The van der Waals surface area contributed by atoms with E-state index >= 15 is 0 Å². The van der Waals surface area contributed by atoms with E-state index < -0.39 is 0 Å². The molecule has 33 heavy (non-hydrogen) atoms. The first kappa shape index (κ1) is 25.8. The van der Waals surface area contributed by atoms with Crippen LogP contribution in [0.1, 0.15) is 80.0 Å². The number of carbonyl (C=O) groups is 2. The summed E-state index contributed by atoms with van der Waals surface area (Å²) >= 11 is 0. The molecule has 0 unspecified atom stereocenters. The summed E-state index contributed by atoms with van der Waals surface area (Å²) < 4.78 is 7.39. The van der Waals surface area contributed by atoms with Crippen molar-refractivity contribution in [1.82, 2.24) is 19.7 Å². The Balaban J connectivity index is 1.77. The number of hydrogen-bond donors (Lipinski definition) is 1. The number of ether oxygens (including phenoxy) is 1. The van der Waals surface area contributed by atoms with E-state index in [0.29, 0.717) is 32.7 Å². The summed E-state index contributed by atoms with van der Waals surface area (Å²) in [5, 5.41) is 3.13. The molecule has 1 aromatic heterocycles. The summed E-state index contributed by atoms with van der Waals surface area (Å²) in [5.74, 6) is 0.194. The summed E-state index contributed by atoms with van der Waals surface area (Å²) in [6.45, 7) is 11.4. The van der Waals surface area contributed by atoms with Crippen LogP contribution >= 0.6 is 0 Å². The molecule has 2 heterocycles. The maximum Gasteiger partial charge on any atom is 0.255 e. The van der Waals surface area contributed by atoms with Gasteiger partial charge in [-0.1, -0.05) is 26.2 Å². The van der Waals surface area contributed by atoms with Gasteiger partial charge in [0.25, 0.3) is 5.91 Å². The van der Waals surface area contributed by atoms with E-state index in [-0.39, 0.29) is 17.4 Å². The minimum Gasteiger partial charge on any atom is -0.383 e. The van der Waals surface area contributed by atoms with Crippen LogP contribution in [0.5, 0.6) is 0 Å². The van der Waals surface area contributed by atoms with Crippen LogP contribution < -0.4 is 5.32 Å². The van der Waals surface area contributed by atoms with Crippen molar-refractivity contribution < 1.29 is 14.3 Å². The van der Waals surface area contributed by atoms with Crippen LogP contribution in [0.4, 0.5) is 0 Å². The Bertz CT molecular complexity index is 798. The third kappa shape index (κ3) is 6.18. The van der Waals surface area contributed by atoms with Gasteiger partial charge in [-0.15, -0.1) is 0 Å². The molecule has 1 saturated heterocycles. The van der Waals surface area contributed by atoms with Crippen molar-refractivity contribution in [1.29, 1.82) is 0 Å². The molecular formula is C26H44N4O3. The number of nitrogens with zero attached hydrogens (tertiary/aromatic N) is 3. The van der Waals surface area contributed by atoms with Crippen molar-refractivity contribution in [3.8, 4) is 0 Å². The Morgan fingerprint density at radius 2 is 1.85 bits per heavy atom. The Hall–Kier alpha value is -1.86. The molecule has 2 fully saturated rings. The molecule has 2 amide bonds. The molecule has 186 valence electrons. The van der Waals surface area contributed by atoms with Crippen LogP contribution in [0.15, 0.2) is 6.07 Å². The quantitative estimate of drug-likeness (QED) is 0.705. The molecule has 3 rings (SSSR count). The van der Waals surface area contributed by atoms with E-state index in [2.05, 4.69) is 21.7 Å². The average molecular weight is 461 g/mol. The highest BCUT2D eigenvalue weighted by atomic mass is 16.5. The zero-order valence-corrected chi connectivity index (χ0v) is 21.3. The zero-order chi connectivity index (χ0) is 23.8. The molecule has 1 saturated carbocycles. The first-order valence-electron chi connectivity index (χ1n) is 12.9. The van der Waals surface area contributed by atoms with E-state index in [9.17, 15) is 9.59 Å². The van der Waals surface area contributed by atoms with Gasteiger partial charge in [-0.25, -0.2) is 0 Å². The lowest BCUT2D eigenvalue weighted by atomic mass is 9.77. The minimum absolute atomic E-state index is 0.0101. The van der Waals surface area contributed by atoms with Crippen molar-refractivity contribution in [2.75, 3.05) is 46.4 Å². The smallest absolute Gasteiger partial charge is 0.255 e. The van der Waals surface area contributed by atoms with Gasteiger partial charge in [0.2, 0.25) is 5.91 Å². The standard InChI is InChI=1S/C26H44N4O3/c1-5-13-29-15-9-14-28(16-12-27-24(31)20-26(29)10-7-6-8-11-26)25(32)23-19-21(2)30(22(23)3)17-18-33-4/h19H,5-18,20H2,1-4H3,(H,27,31). The second-order valence-corrected chi connectivity index (χ2v) is 9.87. The lowest BCUT2D eigenvalue weighted by Gasteiger charge is -2.46. The molecule has 7 heteroatoms. The van der Waals surface area contributed by atoms with E-state index in [1.807, 2.05) is 24.8 Å². The van der Waals surface area contributed by atoms with Gasteiger partial charge in [0.05, 0.1) is 12.2 Å². The van der Waals surface area contributed by atoms with E-state index in [1.54, 1.807) is 7.11 Å². The number of nitrogens with one attached hydrogen (secondary N) is 1. The number of aromatic nitrogens is 1. The molecule has 0 atom stereocenters. The number of hydrogen-bond acceptors (Lipinski definition) is 4. The van der Waals surface area contributed by atoms with Crippen LogP contribution in [0.2, 0.25) is 0 Å². The molecule has 1 N–H and O–H groups in total. The van der Waals surface area contributed by atoms with Crippen LogP contribution in [0.25, 0.3) is 0 Å². The molecule has 0 aromatic carbocycles. The lowest BCUT2D eigenvalue weighted by Crippen LogP contribution is -2.53. The van der Waals surface area contributed by atoms with Crippen molar-refractivity contribution in [3.05, 3.63) is 23.0 Å². The van der Waals surface area contributed by atoms with Crippen molar-refractivity contribution >= 4 is 11.8 Å². The second-order valence-electron chi connectivity index (χ2n) is 9.87. The topological polar surface area (TPSA) is 66.8 Å². The van der Waals surface area contributed by atoms with Crippen molar-refractivity contribution in [3.63, 3.8) is 0 Å². The number of carbonyl (C=O) groups excluding carboxylic acids is 2. The zero-order valence-electron chi connectivity index (χ0n) is 21.3. The van der Waals surface area contributed by atoms with E-state index in [4.69, 9.17) is 4.74 Å². The Morgan fingerprint density at radius 1 is 1.09 bits per heavy atom. The van der Waals surface area contributed by atoms with Gasteiger partial charge < -0.3 is 19.5 Å². The lowest BCUT2D eigenvalue weighted by molar-refractivity contribution is -0.125. The molecule has 0 radical (unpaired) electrons. The highest BCUT2D eigenvalue weighted by molar-refractivity contribution is 5.95. The summed E-state index contributed by atoms with van der Waals surface area (Å²) in [6.07, 6.45) is 8.50. The molecule has 7 nitrogen and oxygen atoms in total. The van der Waals surface area contributed by atoms with Gasteiger partial charge in [0.15, 0.2) is 0 Å². The first-order chi connectivity index (χ1) is 15.9. The fourth-order valence-electron chi connectivity index (χ4n) is 5.84. The second kappa shape index (κ2) is 12.0. The molecule has 0 bridgehead atoms. The summed E-state index contributed by atoms with van der Waals surface area (Å²) in [7, 11) is 1.70. The largest absolute Gasteiger partial charge is 0.383 e. The van der Waals surface area contributed by atoms with Crippen molar-refractivity contribution in [2.24, 2.45) is 0 Å². The average Bonchev–Trinajstić information content (AvgIpc) is 3.07. The monoisotopic (exact) mass is 460 g/mol. The normalized spacial score (nSPS) is 20.5. The van der Waals surface area contributed by atoms with Crippen LogP contribution in [0, 0.1) is 13.8 Å². The fraction of sp³-hybridized carbons (Fsp3) is 0.769. The molecule has 2 aliphatic rings. The molecule has 1 aliphatic carbocycles. The Labute approximate surface area is 199 Å². The number of amides is 2. The van der Waals surface area contributed by atoms with E-state index in [0.717, 1.165) is 62.3 Å². The number of aryl methyl sites for hydroxylation is 1. The number of methoxy groups -OCH3 is 1. The van der Waals surface area contributed by atoms with Crippen LogP contribution in [-0.2, 0) is 16.1 Å².